The number of hydrogen-bond acceptors (Lipinski definition) is 5. The van der Waals surface area contributed by atoms with Gasteiger partial charge >= 0.3 is 0 Å². The van der Waals surface area contributed by atoms with Crippen molar-refractivity contribution < 1.29 is 14.3 Å². The third-order valence-corrected chi connectivity index (χ3v) is 4.48. The molecular weight excluding hydrogens is 461 g/mol. The number of ether oxygens (including phenoxy) is 2. The maximum Gasteiger partial charge on any atom is 0.274 e. The molecule has 1 amide bonds. The monoisotopic (exact) mass is 481 g/mol. The molecule has 0 aliphatic heterocycles. The minimum Gasteiger partial charge on any atom is -0.490 e. The molecule has 0 unspecified atom stereocenters. The number of aromatic amines is 1. The van der Waals surface area contributed by atoms with Crippen LogP contribution in [0.3, 0.4) is 0 Å². The second-order valence-corrected chi connectivity index (χ2v) is 6.78. The number of nitrogens with one attached hydrogen (secondary N) is 2. The summed E-state index contributed by atoms with van der Waals surface area (Å²) in [5, 5.41) is 13.6. The molecule has 1 aromatic carbocycles. The molecule has 0 spiro atoms. The van der Waals surface area contributed by atoms with Crippen molar-refractivity contribution in [1.82, 2.24) is 20.0 Å². The third-order valence-electron chi connectivity index (χ3n) is 3.66. The minimum absolute atomic E-state index is 0.254. The molecule has 0 aliphatic rings. The fourth-order valence-corrected chi connectivity index (χ4v) is 3.02. The van der Waals surface area contributed by atoms with Gasteiger partial charge in [0.05, 0.1) is 41.4 Å². The van der Waals surface area contributed by atoms with E-state index in [1.54, 1.807) is 23.3 Å². The van der Waals surface area contributed by atoms with Gasteiger partial charge in [-0.15, -0.1) is 0 Å². The molecule has 0 radical (unpaired) electrons. The molecule has 0 aliphatic carbocycles. The lowest BCUT2D eigenvalue weighted by Crippen LogP contribution is -2.13. The Kier molecular flexibility index (Phi) is 6.32. The fourth-order valence-electron chi connectivity index (χ4n) is 2.52. The summed E-state index contributed by atoms with van der Waals surface area (Å²) in [6.07, 6.45) is 4.98. The number of H-pyrrole nitrogens is 1. The number of rotatable bonds is 8. The first-order chi connectivity index (χ1) is 13.1. The lowest BCUT2D eigenvalue weighted by Gasteiger charge is -2.12. The van der Waals surface area contributed by atoms with Crippen molar-refractivity contribution in [3.8, 4) is 11.5 Å². The van der Waals surface area contributed by atoms with Crippen LogP contribution in [0.15, 0.2) is 36.8 Å². The number of carbonyl (C=O) groups excluding carboxylic acids is 1. The van der Waals surface area contributed by atoms with Gasteiger partial charge in [0, 0.05) is 6.20 Å². The van der Waals surface area contributed by atoms with Crippen molar-refractivity contribution in [2.45, 2.75) is 20.4 Å². The van der Waals surface area contributed by atoms with Crippen LogP contribution in [0.25, 0.3) is 0 Å². The first kappa shape index (κ1) is 19.2. The summed E-state index contributed by atoms with van der Waals surface area (Å²) in [7, 11) is 0. The summed E-state index contributed by atoms with van der Waals surface area (Å²) in [5.41, 5.74) is 2.06. The number of anilines is 1. The van der Waals surface area contributed by atoms with E-state index in [2.05, 4.69) is 43.2 Å². The summed E-state index contributed by atoms with van der Waals surface area (Å²) in [6, 6.07) is 5.82. The standard InChI is InChI=1S/C18H20IN5O3/c1-3-26-15-6-5-12(7-16(15)27-4-2)10-24-11-13(8-21-24)22-18(25)17-14(19)9-20-23-17/h5-9,11H,3-4,10H2,1-2H3,(H,20,23)(H,22,25). The van der Waals surface area contributed by atoms with E-state index in [1.807, 2.05) is 32.0 Å². The van der Waals surface area contributed by atoms with Crippen molar-refractivity contribution in [2.24, 2.45) is 0 Å². The molecule has 0 bridgehead atoms. The highest BCUT2D eigenvalue weighted by atomic mass is 127. The Morgan fingerprint density at radius 2 is 2.00 bits per heavy atom. The second-order valence-electron chi connectivity index (χ2n) is 5.62. The molecule has 9 heteroatoms. The van der Waals surface area contributed by atoms with Gasteiger partial charge in [-0.25, -0.2) is 0 Å². The molecule has 2 heterocycles. The highest BCUT2D eigenvalue weighted by Crippen LogP contribution is 2.29. The molecular formula is C18H20IN5O3. The van der Waals surface area contributed by atoms with Crippen LogP contribution >= 0.6 is 22.6 Å². The number of benzene rings is 1. The Hall–Kier alpha value is -2.56. The predicted molar refractivity (Wildman–Crippen MR) is 109 cm³/mol. The van der Waals surface area contributed by atoms with E-state index < -0.39 is 0 Å². The van der Waals surface area contributed by atoms with Crippen molar-refractivity contribution in [2.75, 3.05) is 18.5 Å². The van der Waals surface area contributed by atoms with Crippen molar-refractivity contribution >= 4 is 34.2 Å². The Balaban J connectivity index is 1.69. The van der Waals surface area contributed by atoms with E-state index >= 15 is 0 Å². The quantitative estimate of drug-likeness (QED) is 0.482. The molecule has 27 heavy (non-hydrogen) atoms. The molecule has 0 saturated heterocycles. The molecule has 142 valence electrons. The molecule has 0 fully saturated rings. The second kappa shape index (κ2) is 8.89. The van der Waals surface area contributed by atoms with E-state index in [4.69, 9.17) is 9.47 Å². The zero-order chi connectivity index (χ0) is 19.2. The highest BCUT2D eigenvalue weighted by Gasteiger charge is 2.13. The van der Waals surface area contributed by atoms with Crippen LogP contribution in [0.1, 0.15) is 29.9 Å². The van der Waals surface area contributed by atoms with Gasteiger partial charge in [-0.2, -0.15) is 10.2 Å². The van der Waals surface area contributed by atoms with Crippen LogP contribution < -0.4 is 14.8 Å². The smallest absolute Gasteiger partial charge is 0.274 e. The van der Waals surface area contributed by atoms with Crippen LogP contribution in [0.5, 0.6) is 11.5 Å². The van der Waals surface area contributed by atoms with E-state index in [-0.39, 0.29) is 5.91 Å². The number of aromatic nitrogens is 4. The van der Waals surface area contributed by atoms with Gasteiger partial charge in [0.2, 0.25) is 0 Å². The normalized spacial score (nSPS) is 10.6. The predicted octanol–water partition coefficient (Wildman–Crippen LogP) is 3.31. The van der Waals surface area contributed by atoms with Crippen molar-refractivity contribution in [3.63, 3.8) is 0 Å². The van der Waals surface area contributed by atoms with Crippen LogP contribution in [-0.2, 0) is 6.54 Å². The summed E-state index contributed by atoms with van der Waals surface area (Å²) < 4.78 is 13.7. The van der Waals surface area contributed by atoms with Gasteiger partial charge < -0.3 is 14.8 Å². The lowest BCUT2D eigenvalue weighted by atomic mass is 10.2. The Morgan fingerprint density at radius 3 is 2.70 bits per heavy atom. The largest absolute Gasteiger partial charge is 0.490 e. The average Bonchev–Trinajstić information content (AvgIpc) is 3.26. The van der Waals surface area contributed by atoms with E-state index in [0.717, 1.165) is 14.9 Å². The van der Waals surface area contributed by atoms with Crippen molar-refractivity contribution in [3.05, 3.63) is 51.6 Å². The van der Waals surface area contributed by atoms with Gasteiger partial charge in [-0.05, 0) is 54.1 Å². The summed E-state index contributed by atoms with van der Waals surface area (Å²) in [6.45, 7) is 5.56. The van der Waals surface area contributed by atoms with Gasteiger partial charge in [-0.1, -0.05) is 6.07 Å². The number of hydrogen-bond donors (Lipinski definition) is 2. The Bertz CT molecular complexity index is 921. The van der Waals surface area contributed by atoms with E-state index in [9.17, 15) is 4.79 Å². The molecule has 3 aromatic rings. The first-order valence-electron chi connectivity index (χ1n) is 8.51. The number of halogens is 1. The van der Waals surface area contributed by atoms with Crippen LogP contribution in [0.2, 0.25) is 0 Å². The maximum atomic E-state index is 12.2. The van der Waals surface area contributed by atoms with Gasteiger partial charge in [0.15, 0.2) is 11.5 Å². The summed E-state index contributed by atoms with van der Waals surface area (Å²) in [4.78, 5) is 12.2. The Labute approximate surface area is 170 Å². The maximum absolute atomic E-state index is 12.2. The van der Waals surface area contributed by atoms with E-state index in [0.29, 0.717) is 36.9 Å². The van der Waals surface area contributed by atoms with Gasteiger partial charge in [0.1, 0.15) is 5.69 Å². The molecule has 8 nitrogen and oxygen atoms in total. The highest BCUT2D eigenvalue weighted by molar-refractivity contribution is 14.1. The van der Waals surface area contributed by atoms with Gasteiger partial charge in [-0.3, -0.25) is 14.6 Å². The number of carbonyl (C=O) groups is 1. The number of amides is 1. The van der Waals surface area contributed by atoms with Crippen LogP contribution in [-0.4, -0.2) is 39.1 Å². The fraction of sp³-hybridized carbons (Fsp3) is 0.278. The SMILES string of the molecule is CCOc1ccc(Cn2cc(NC(=O)c3[nH]ncc3I)cn2)cc1OCC. The van der Waals surface area contributed by atoms with Crippen LogP contribution in [0.4, 0.5) is 5.69 Å². The molecule has 2 aromatic heterocycles. The first-order valence-corrected chi connectivity index (χ1v) is 9.59. The molecule has 0 saturated carbocycles. The number of nitrogens with zero attached hydrogens (tertiary/aromatic N) is 3. The lowest BCUT2D eigenvalue weighted by molar-refractivity contribution is 0.102. The summed E-state index contributed by atoms with van der Waals surface area (Å²) >= 11 is 2.05. The van der Waals surface area contributed by atoms with E-state index in [1.165, 1.54) is 0 Å². The average molecular weight is 481 g/mol. The summed E-state index contributed by atoms with van der Waals surface area (Å²) in [5.74, 6) is 1.19. The van der Waals surface area contributed by atoms with Crippen molar-refractivity contribution in [1.29, 1.82) is 0 Å². The molecule has 0 atom stereocenters. The van der Waals surface area contributed by atoms with Crippen LogP contribution in [0, 0.1) is 3.57 Å². The van der Waals surface area contributed by atoms with Gasteiger partial charge in [0.25, 0.3) is 5.91 Å². The molecule has 3 rings (SSSR count). The zero-order valence-corrected chi connectivity index (χ0v) is 17.2. The Morgan fingerprint density at radius 1 is 1.22 bits per heavy atom. The zero-order valence-electron chi connectivity index (χ0n) is 15.0. The molecule has 2 N–H and O–H groups in total. The topological polar surface area (TPSA) is 94.1 Å². The third kappa shape index (κ3) is 4.79. The minimum atomic E-state index is -0.254.